The van der Waals surface area contributed by atoms with Gasteiger partial charge in [0, 0.05) is 30.5 Å². The minimum absolute atomic E-state index is 0.185. The third kappa shape index (κ3) is 2.72. The molecule has 2 amide bonds. The van der Waals surface area contributed by atoms with E-state index >= 15 is 0 Å². The molecule has 1 aromatic rings. The second-order valence-corrected chi connectivity index (χ2v) is 6.97. The molecule has 1 saturated heterocycles. The lowest BCUT2D eigenvalue weighted by atomic mass is 10.0. The first-order valence-electron chi connectivity index (χ1n) is 6.97. The van der Waals surface area contributed by atoms with E-state index in [2.05, 4.69) is 16.9 Å². The Morgan fingerprint density at radius 2 is 2.33 bits per heavy atom. The molecule has 1 aromatic heterocycles. The Kier molecular flexibility index (Phi) is 3.79. The molecule has 0 spiro atoms. The van der Waals surface area contributed by atoms with Crippen LogP contribution in [0.3, 0.4) is 0 Å². The van der Waals surface area contributed by atoms with E-state index in [1.165, 1.54) is 4.90 Å². The smallest absolute Gasteiger partial charge is 0.326 e. The van der Waals surface area contributed by atoms with Gasteiger partial charge in [-0.2, -0.15) is 11.8 Å². The number of thioether (sulfide) groups is 1. The quantitative estimate of drug-likeness (QED) is 0.800. The molecule has 7 nitrogen and oxygen atoms in total. The van der Waals surface area contributed by atoms with Crippen LogP contribution in [0.25, 0.3) is 0 Å². The number of carboxylic acids is 1. The van der Waals surface area contributed by atoms with Gasteiger partial charge in [0.2, 0.25) is 0 Å². The van der Waals surface area contributed by atoms with Crippen LogP contribution in [0.15, 0.2) is 6.33 Å². The number of aliphatic carboxylic acids is 1. The molecule has 21 heavy (non-hydrogen) atoms. The van der Waals surface area contributed by atoms with Crippen molar-refractivity contribution in [3.8, 4) is 0 Å². The molecule has 3 rings (SSSR count). The van der Waals surface area contributed by atoms with Gasteiger partial charge < -0.3 is 19.9 Å². The summed E-state index contributed by atoms with van der Waals surface area (Å²) in [5.74, 6) is -0.0789. The van der Waals surface area contributed by atoms with E-state index in [0.29, 0.717) is 18.3 Å². The van der Waals surface area contributed by atoms with Gasteiger partial charge in [-0.15, -0.1) is 0 Å². The van der Waals surface area contributed by atoms with Crippen LogP contribution in [0.5, 0.6) is 0 Å². The highest BCUT2D eigenvalue weighted by Gasteiger charge is 2.38. The van der Waals surface area contributed by atoms with Gasteiger partial charge in [0.25, 0.3) is 0 Å². The van der Waals surface area contributed by atoms with Crippen LogP contribution < -0.4 is 0 Å². The number of carbonyl (C=O) groups excluding carboxylic acids is 1. The lowest BCUT2D eigenvalue weighted by Gasteiger charge is -2.39. The molecule has 2 N–H and O–H groups in total. The zero-order valence-corrected chi connectivity index (χ0v) is 12.6. The number of hydrogen-bond donors (Lipinski definition) is 2. The van der Waals surface area contributed by atoms with Gasteiger partial charge in [-0.1, -0.05) is 6.92 Å². The minimum Gasteiger partial charge on any atom is -0.480 e. The van der Waals surface area contributed by atoms with Gasteiger partial charge in [0.15, 0.2) is 0 Å². The van der Waals surface area contributed by atoms with Crippen molar-refractivity contribution in [2.24, 2.45) is 0 Å². The number of urea groups is 1. The van der Waals surface area contributed by atoms with E-state index in [4.69, 9.17) is 0 Å². The summed E-state index contributed by atoms with van der Waals surface area (Å²) in [7, 11) is 0. The molecule has 2 aliphatic heterocycles. The summed E-state index contributed by atoms with van der Waals surface area (Å²) >= 11 is 1.84. The molecule has 0 aromatic carbocycles. The first kappa shape index (κ1) is 14.2. The zero-order valence-electron chi connectivity index (χ0n) is 11.8. The Bertz CT molecular complexity index is 561. The molecule has 1 fully saturated rings. The molecule has 3 heterocycles. The molecular formula is C13H18N4O3S. The molecule has 2 unspecified atom stereocenters. The number of carbonyl (C=O) groups is 2. The van der Waals surface area contributed by atoms with Crippen LogP contribution in [-0.2, 0) is 17.8 Å². The average Bonchev–Trinajstić information content (AvgIpc) is 2.92. The predicted molar refractivity (Wildman–Crippen MR) is 78.1 cm³/mol. The molecular weight excluding hydrogens is 292 g/mol. The number of nitrogens with one attached hydrogen (secondary N) is 1. The van der Waals surface area contributed by atoms with Crippen molar-refractivity contribution < 1.29 is 14.7 Å². The summed E-state index contributed by atoms with van der Waals surface area (Å²) < 4.78 is 0. The first-order valence-corrected chi connectivity index (χ1v) is 8.02. The molecule has 8 heteroatoms. The monoisotopic (exact) mass is 310 g/mol. The Morgan fingerprint density at radius 3 is 3.05 bits per heavy atom. The number of imidazole rings is 1. The summed E-state index contributed by atoms with van der Waals surface area (Å²) in [6, 6.07) is -1.02. The van der Waals surface area contributed by atoms with E-state index in [0.717, 1.165) is 17.1 Å². The normalized spacial score (nSPS) is 25.6. The van der Waals surface area contributed by atoms with Crippen molar-refractivity contribution in [2.75, 3.05) is 18.8 Å². The van der Waals surface area contributed by atoms with E-state index < -0.39 is 12.0 Å². The lowest BCUT2D eigenvalue weighted by Crippen LogP contribution is -2.55. The Hall–Kier alpha value is -1.70. The van der Waals surface area contributed by atoms with Gasteiger partial charge in [-0.05, 0) is 0 Å². The fourth-order valence-electron chi connectivity index (χ4n) is 2.83. The Balaban J connectivity index is 1.81. The van der Waals surface area contributed by atoms with E-state index in [-0.39, 0.29) is 19.0 Å². The lowest BCUT2D eigenvalue weighted by molar-refractivity contribution is -0.143. The summed E-state index contributed by atoms with van der Waals surface area (Å²) in [6.07, 6.45) is 1.81. The maximum Gasteiger partial charge on any atom is 0.326 e. The number of nitrogens with zero attached hydrogens (tertiary/aromatic N) is 3. The number of hydrogen-bond acceptors (Lipinski definition) is 4. The fourth-order valence-corrected chi connectivity index (χ4v) is 3.84. The van der Waals surface area contributed by atoms with Gasteiger partial charge in [-0.25, -0.2) is 14.6 Å². The third-order valence-corrected chi connectivity index (χ3v) is 5.08. The molecule has 2 aliphatic rings. The molecule has 114 valence electrons. The van der Waals surface area contributed by atoms with Crippen molar-refractivity contribution in [3.63, 3.8) is 0 Å². The van der Waals surface area contributed by atoms with Crippen LogP contribution in [-0.4, -0.2) is 67.0 Å². The van der Waals surface area contributed by atoms with Crippen molar-refractivity contribution in [1.82, 2.24) is 19.8 Å². The number of aromatic amines is 1. The number of amides is 2. The summed E-state index contributed by atoms with van der Waals surface area (Å²) in [4.78, 5) is 34.5. The Labute approximate surface area is 126 Å². The van der Waals surface area contributed by atoms with Gasteiger partial charge >= 0.3 is 12.0 Å². The first-order chi connectivity index (χ1) is 10.1. The van der Waals surface area contributed by atoms with Crippen molar-refractivity contribution in [1.29, 1.82) is 0 Å². The van der Waals surface area contributed by atoms with Crippen molar-refractivity contribution >= 4 is 23.8 Å². The maximum atomic E-state index is 12.7. The second kappa shape index (κ2) is 5.59. The van der Waals surface area contributed by atoms with Crippen LogP contribution >= 0.6 is 11.8 Å². The zero-order chi connectivity index (χ0) is 15.0. The van der Waals surface area contributed by atoms with Crippen molar-refractivity contribution in [2.45, 2.75) is 31.2 Å². The SMILES string of the molecule is CC1CN(C(=O)N2Cc3[nH]cnc3CC2C(=O)O)CCS1. The molecule has 0 saturated carbocycles. The summed E-state index contributed by atoms with van der Waals surface area (Å²) in [5.41, 5.74) is 1.58. The van der Waals surface area contributed by atoms with Gasteiger partial charge in [0.1, 0.15) is 6.04 Å². The minimum atomic E-state index is -0.976. The highest BCUT2D eigenvalue weighted by atomic mass is 32.2. The van der Waals surface area contributed by atoms with Crippen LogP contribution in [0, 0.1) is 0 Å². The van der Waals surface area contributed by atoms with Crippen LogP contribution in [0.4, 0.5) is 4.79 Å². The maximum absolute atomic E-state index is 12.7. The predicted octanol–water partition coefficient (Wildman–Crippen LogP) is 0.778. The number of carboxylic acid groups (broad SMARTS) is 1. The van der Waals surface area contributed by atoms with E-state index in [1.54, 1.807) is 11.2 Å². The molecule has 2 atom stereocenters. The van der Waals surface area contributed by atoms with E-state index in [9.17, 15) is 14.7 Å². The highest BCUT2D eigenvalue weighted by Crippen LogP contribution is 2.24. The highest BCUT2D eigenvalue weighted by molar-refractivity contribution is 7.99. The third-order valence-electron chi connectivity index (χ3n) is 3.94. The van der Waals surface area contributed by atoms with Gasteiger partial charge in [0.05, 0.1) is 24.3 Å². The largest absolute Gasteiger partial charge is 0.480 e. The number of H-pyrrole nitrogens is 1. The van der Waals surface area contributed by atoms with Crippen LogP contribution in [0.1, 0.15) is 18.3 Å². The molecule has 0 aliphatic carbocycles. The standard InChI is InChI=1S/C13H18N4O3S/c1-8-5-16(2-3-21-8)13(20)17-6-10-9(14-7-15-10)4-11(17)12(18)19/h7-8,11H,2-6H2,1H3,(H,14,15)(H,18,19). The summed E-state index contributed by atoms with van der Waals surface area (Å²) in [6.45, 7) is 3.71. The summed E-state index contributed by atoms with van der Waals surface area (Å²) in [5, 5.41) is 9.80. The number of fused-ring (bicyclic) bond motifs is 1. The second-order valence-electron chi connectivity index (χ2n) is 5.42. The fraction of sp³-hybridized carbons (Fsp3) is 0.615. The van der Waals surface area contributed by atoms with E-state index in [1.807, 2.05) is 11.8 Å². The van der Waals surface area contributed by atoms with Gasteiger partial charge in [-0.3, -0.25) is 0 Å². The average molecular weight is 310 g/mol. The van der Waals surface area contributed by atoms with Crippen molar-refractivity contribution in [3.05, 3.63) is 17.7 Å². The number of rotatable bonds is 1. The van der Waals surface area contributed by atoms with Crippen LogP contribution in [0.2, 0.25) is 0 Å². The molecule has 0 bridgehead atoms. The Morgan fingerprint density at radius 1 is 1.52 bits per heavy atom. The topological polar surface area (TPSA) is 89.5 Å². The molecule has 0 radical (unpaired) electrons. The number of aromatic nitrogens is 2.